The van der Waals surface area contributed by atoms with E-state index in [9.17, 15) is 13.6 Å². The molecule has 0 amide bonds. The second-order valence-corrected chi connectivity index (χ2v) is 4.01. The second-order valence-electron chi connectivity index (χ2n) is 3.45. The number of carbonyl (C=O) groups excluding carboxylic acids is 1. The molecule has 17 heavy (non-hydrogen) atoms. The van der Waals surface area contributed by atoms with E-state index in [0.717, 1.165) is 0 Å². The molecule has 5 heteroatoms. The van der Waals surface area contributed by atoms with Gasteiger partial charge < -0.3 is 4.74 Å². The Balaban J connectivity index is 3.02. The maximum atomic E-state index is 12.5. The van der Waals surface area contributed by atoms with Crippen LogP contribution in [0.1, 0.15) is 24.5 Å². The first-order valence-corrected chi connectivity index (χ1v) is 6.32. The molecule has 0 spiro atoms. The minimum absolute atomic E-state index is 0.0719. The predicted molar refractivity (Wildman–Crippen MR) is 65.1 cm³/mol. The summed E-state index contributed by atoms with van der Waals surface area (Å²) in [4.78, 5) is 11.3. The van der Waals surface area contributed by atoms with Gasteiger partial charge in [0.2, 0.25) is 0 Å². The van der Waals surface area contributed by atoms with Crippen molar-refractivity contribution in [1.82, 2.24) is 0 Å². The summed E-state index contributed by atoms with van der Waals surface area (Å²) in [5.41, 5.74) is 0.417. The van der Waals surface area contributed by atoms with Crippen LogP contribution in [0.4, 0.5) is 8.78 Å². The average molecular weight is 307 g/mol. The van der Waals surface area contributed by atoms with E-state index < -0.39 is 6.43 Å². The van der Waals surface area contributed by atoms with E-state index in [0.29, 0.717) is 17.9 Å². The van der Waals surface area contributed by atoms with Gasteiger partial charge in [0.05, 0.1) is 11.9 Å². The molecule has 2 nitrogen and oxygen atoms in total. The zero-order valence-electron chi connectivity index (χ0n) is 9.38. The van der Waals surface area contributed by atoms with Crippen molar-refractivity contribution in [2.75, 3.05) is 11.9 Å². The van der Waals surface area contributed by atoms with E-state index in [4.69, 9.17) is 4.74 Å². The van der Waals surface area contributed by atoms with E-state index >= 15 is 0 Å². The Labute approximate surface area is 107 Å². The molecule has 1 rings (SSSR count). The van der Waals surface area contributed by atoms with Gasteiger partial charge in [-0.25, -0.2) is 8.78 Å². The number of rotatable bonds is 6. The van der Waals surface area contributed by atoms with Gasteiger partial charge >= 0.3 is 0 Å². The molecule has 94 valence electrons. The minimum atomic E-state index is -2.54. The second kappa shape index (κ2) is 6.69. The van der Waals surface area contributed by atoms with Gasteiger partial charge in [-0.2, -0.15) is 0 Å². The van der Waals surface area contributed by atoms with Gasteiger partial charge in [0.25, 0.3) is 6.43 Å². The highest BCUT2D eigenvalue weighted by Crippen LogP contribution is 2.26. The molecule has 0 aliphatic rings. The van der Waals surface area contributed by atoms with E-state index in [1.807, 2.05) is 0 Å². The maximum Gasteiger partial charge on any atom is 0.263 e. The number of alkyl halides is 3. The van der Waals surface area contributed by atoms with Crippen molar-refractivity contribution in [3.05, 3.63) is 29.3 Å². The summed E-state index contributed by atoms with van der Waals surface area (Å²) < 4.78 is 30.4. The first kappa shape index (κ1) is 14.1. The molecule has 1 aromatic rings. The Morgan fingerprint density at radius 2 is 2.18 bits per heavy atom. The number of hydrogen-bond donors (Lipinski definition) is 0. The molecule has 0 aliphatic carbocycles. The van der Waals surface area contributed by atoms with Crippen LogP contribution in [-0.2, 0) is 11.2 Å². The summed E-state index contributed by atoms with van der Waals surface area (Å²) in [5, 5.41) is 0.206. The Bertz CT molecular complexity index is 394. The van der Waals surface area contributed by atoms with Crippen LogP contribution in [0.3, 0.4) is 0 Å². The summed E-state index contributed by atoms with van der Waals surface area (Å²) in [6, 6.07) is 4.13. The third-order valence-corrected chi connectivity index (χ3v) is 2.80. The first-order chi connectivity index (χ1) is 8.08. The standard InChI is InChI=1S/C12H13BrF2O2/c1-2-17-11-4-3-8(12(14)15)5-9(11)6-10(16)7-13/h3-5,12H,2,6-7H2,1H3. The lowest BCUT2D eigenvalue weighted by Crippen LogP contribution is -2.06. The van der Waals surface area contributed by atoms with Crippen molar-refractivity contribution in [3.63, 3.8) is 0 Å². The fourth-order valence-corrected chi connectivity index (χ4v) is 1.63. The zero-order valence-corrected chi connectivity index (χ0v) is 11.0. The predicted octanol–water partition coefficient (Wildman–Crippen LogP) is 3.53. The van der Waals surface area contributed by atoms with Crippen molar-refractivity contribution in [2.24, 2.45) is 0 Å². The van der Waals surface area contributed by atoms with Gasteiger partial charge in [0.15, 0.2) is 0 Å². The van der Waals surface area contributed by atoms with E-state index in [1.165, 1.54) is 18.2 Å². The van der Waals surface area contributed by atoms with Crippen molar-refractivity contribution in [3.8, 4) is 5.75 Å². The largest absolute Gasteiger partial charge is 0.494 e. The average Bonchev–Trinajstić information content (AvgIpc) is 2.31. The fourth-order valence-electron chi connectivity index (χ4n) is 1.43. The summed E-state index contributed by atoms with van der Waals surface area (Å²) in [5.74, 6) is 0.420. The number of ketones is 1. The van der Waals surface area contributed by atoms with Crippen LogP contribution in [0.2, 0.25) is 0 Å². The van der Waals surface area contributed by atoms with Gasteiger partial charge in [-0.05, 0) is 25.1 Å². The third kappa shape index (κ3) is 4.07. The summed E-state index contributed by atoms with van der Waals surface area (Å²) in [6.07, 6.45) is -2.44. The highest BCUT2D eigenvalue weighted by Gasteiger charge is 2.13. The molecule has 0 saturated heterocycles. The molecular formula is C12H13BrF2O2. The van der Waals surface area contributed by atoms with Gasteiger partial charge in [-0.15, -0.1) is 0 Å². The molecule has 0 aromatic heterocycles. The van der Waals surface area contributed by atoms with Crippen LogP contribution in [0.5, 0.6) is 5.75 Å². The SMILES string of the molecule is CCOc1ccc(C(F)F)cc1CC(=O)CBr. The number of halogens is 3. The van der Waals surface area contributed by atoms with Crippen LogP contribution >= 0.6 is 15.9 Å². The van der Waals surface area contributed by atoms with Crippen molar-refractivity contribution < 1.29 is 18.3 Å². The smallest absolute Gasteiger partial charge is 0.263 e. The third-order valence-electron chi connectivity index (χ3n) is 2.17. The molecule has 0 unspecified atom stereocenters. The number of ether oxygens (including phenoxy) is 1. The van der Waals surface area contributed by atoms with E-state index in [2.05, 4.69) is 15.9 Å². The molecule has 0 fully saturated rings. The Morgan fingerprint density at radius 1 is 1.47 bits per heavy atom. The van der Waals surface area contributed by atoms with Crippen molar-refractivity contribution in [2.45, 2.75) is 19.8 Å². The topological polar surface area (TPSA) is 26.3 Å². The number of benzene rings is 1. The quantitative estimate of drug-likeness (QED) is 0.752. The molecule has 0 radical (unpaired) electrons. The minimum Gasteiger partial charge on any atom is -0.494 e. The van der Waals surface area contributed by atoms with Crippen molar-refractivity contribution in [1.29, 1.82) is 0 Å². The molecule has 0 saturated carbocycles. The molecule has 1 aromatic carbocycles. The van der Waals surface area contributed by atoms with E-state index in [1.54, 1.807) is 6.92 Å². The summed E-state index contributed by atoms with van der Waals surface area (Å²) >= 11 is 3.04. The molecule has 0 aliphatic heterocycles. The monoisotopic (exact) mass is 306 g/mol. The first-order valence-electron chi connectivity index (χ1n) is 5.20. The lowest BCUT2D eigenvalue weighted by molar-refractivity contribution is -0.115. The Kier molecular flexibility index (Phi) is 5.55. The van der Waals surface area contributed by atoms with Crippen LogP contribution < -0.4 is 4.74 Å². The van der Waals surface area contributed by atoms with Crippen LogP contribution in [0, 0.1) is 0 Å². The highest BCUT2D eigenvalue weighted by molar-refractivity contribution is 9.09. The Morgan fingerprint density at radius 3 is 2.71 bits per heavy atom. The lowest BCUT2D eigenvalue weighted by Gasteiger charge is -2.11. The normalized spacial score (nSPS) is 10.6. The number of carbonyl (C=O) groups is 1. The molecule has 0 bridgehead atoms. The van der Waals surface area contributed by atoms with Gasteiger partial charge in [0.1, 0.15) is 11.5 Å². The van der Waals surface area contributed by atoms with Crippen LogP contribution in [-0.4, -0.2) is 17.7 Å². The van der Waals surface area contributed by atoms with Gasteiger partial charge in [0, 0.05) is 17.5 Å². The van der Waals surface area contributed by atoms with Gasteiger partial charge in [-0.3, -0.25) is 4.79 Å². The fraction of sp³-hybridized carbons (Fsp3) is 0.417. The van der Waals surface area contributed by atoms with Gasteiger partial charge in [-0.1, -0.05) is 15.9 Å². The lowest BCUT2D eigenvalue weighted by atomic mass is 10.1. The molecule has 0 N–H and O–H groups in total. The van der Waals surface area contributed by atoms with Crippen LogP contribution in [0.25, 0.3) is 0 Å². The zero-order chi connectivity index (χ0) is 12.8. The summed E-state index contributed by atoms with van der Waals surface area (Å²) in [7, 11) is 0. The Hall–Kier alpha value is -0.970. The molecule has 0 atom stereocenters. The van der Waals surface area contributed by atoms with E-state index in [-0.39, 0.29) is 23.1 Å². The molecule has 0 heterocycles. The van der Waals surface area contributed by atoms with Crippen LogP contribution in [0.15, 0.2) is 18.2 Å². The highest BCUT2D eigenvalue weighted by atomic mass is 79.9. The summed E-state index contributed by atoms with van der Waals surface area (Å²) in [6.45, 7) is 2.24. The number of Topliss-reactive ketones (excluding diaryl/α,β-unsaturated/α-hetero) is 1. The number of hydrogen-bond acceptors (Lipinski definition) is 2. The molecular weight excluding hydrogens is 294 g/mol. The maximum absolute atomic E-state index is 12.5. The van der Waals surface area contributed by atoms with Crippen molar-refractivity contribution >= 4 is 21.7 Å².